The van der Waals surface area contributed by atoms with Gasteiger partial charge in [0.15, 0.2) is 6.10 Å². The monoisotopic (exact) mass is 296 g/mol. The Kier molecular flexibility index (Phi) is 3.04. The summed E-state index contributed by atoms with van der Waals surface area (Å²) in [4.78, 5) is 4.31. The molecule has 0 bridgehead atoms. The minimum absolute atomic E-state index is 0.0750. The molecule has 1 aromatic carbocycles. The van der Waals surface area contributed by atoms with E-state index in [9.17, 15) is 8.42 Å². The maximum Gasteiger partial charge on any atom is 0.238 e. The van der Waals surface area contributed by atoms with E-state index in [-0.39, 0.29) is 11.0 Å². The summed E-state index contributed by atoms with van der Waals surface area (Å²) in [6.45, 7) is 0. The van der Waals surface area contributed by atoms with Gasteiger partial charge in [0.2, 0.25) is 10.0 Å². The molecule has 0 saturated carbocycles. The number of thiazole rings is 1. The Morgan fingerprint density at radius 1 is 1.42 bits per heavy atom. The summed E-state index contributed by atoms with van der Waals surface area (Å²) < 4.78 is 28.5. The van der Waals surface area contributed by atoms with Crippen molar-refractivity contribution >= 4 is 21.4 Å². The average Bonchev–Trinajstić information content (AvgIpc) is 2.90. The summed E-state index contributed by atoms with van der Waals surface area (Å²) in [6, 6.07) is 4.76. The Morgan fingerprint density at radius 2 is 2.26 bits per heavy atom. The molecule has 0 amide bonds. The van der Waals surface area contributed by atoms with Crippen LogP contribution in [-0.4, -0.2) is 13.4 Å². The Labute approximate surface area is 115 Å². The molecular weight excluding hydrogens is 284 g/mol. The molecule has 100 valence electrons. The fourth-order valence-corrected chi connectivity index (χ4v) is 3.32. The lowest BCUT2D eigenvalue weighted by atomic mass is 10.0. The van der Waals surface area contributed by atoms with Gasteiger partial charge in [-0.3, -0.25) is 0 Å². The van der Waals surface area contributed by atoms with E-state index in [1.54, 1.807) is 12.3 Å². The molecule has 1 unspecified atom stereocenters. The molecule has 1 aromatic heterocycles. The number of fused-ring (bicyclic) bond motifs is 1. The van der Waals surface area contributed by atoms with Gasteiger partial charge in [0.1, 0.15) is 10.8 Å². The fraction of sp³-hybridized carbons (Fsp3) is 0.250. The van der Waals surface area contributed by atoms with Crippen LogP contribution >= 0.6 is 11.3 Å². The van der Waals surface area contributed by atoms with Gasteiger partial charge in [-0.1, -0.05) is 6.07 Å². The van der Waals surface area contributed by atoms with Crippen LogP contribution in [0.15, 0.2) is 34.7 Å². The topological polar surface area (TPSA) is 82.3 Å². The van der Waals surface area contributed by atoms with Crippen LogP contribution in [0.1, 0.15) is 23.1 Å². The van der Waals surface area contributed by atoms with Gasteiger partial charge >= 0.3 is 0 Å². The molecule has 1 atom stereocenters. The lowest BCUT2D eigenvalue weighted by molar-refractivity contribution is 0.175. The van der Waals surface area contributed by atoms with Crippen LogP contribution in [0.25, 0.3) is 0 Å². The number of hydrogen-bond acceptors (Lipinski definition) is 5. The van der Waals surface area contributed by atoms with Gasteiger partial charge in [0.05, 0.1) is 4.90 Å². The molecule has 3 rings (SSSR count). The first-order valence-corrected chi connectivity index (χ1v) is 8.18. The highest BCUT2D eigenvalue weighted by atomic mass is 32.2. The molecule has 0 spiro atoms. The van der Waals surface area contributed by atoms with Crippen molar-refractivity contribution in [3.05, 3.63) is 40.3 Å². The summed E-state index contributed by atoms with van der Waals surface area (Å²) in [5, 5.41) is 7.93. The van der Waals surface area contributed by atoms with Crippen LogP contribution in [0, 0.1) is 0 Å². The molecule has 2 aromatic rings. The van der Waals surface area contributed by atoms with Crippen LogP contribution in [0.2, 0.25) is 0 Å². The van der Waals surface area contributed by atoms with Gasteiger partial charge in [0.25, 0.3) is 0 Å². The van der Waals surface area contributed by atoms with Gasteiger partial charge in [0, 0.05) is 17.6 Å². The van der Waals surface area contributed by atoms with Crippen molar-refractivity contribution in [2.75, 3.05) is 0 Å². The van der Waals surface area contributed by atoms with Gasteiger partial charge in [-0.15, -0.1) is 11.3 Å². The van der Waals surface area contributed by atoms with E-state index in [2.05, 4.69) is 4.98 Å². The van der Waals surface area contributed by atoms with Crippen molar-refractivity contribution in [1.82, 2.24) is 4.98 Å². The van der Waals surface area contributed by atoms with Crippen molar-refractivity contribution in [3.8, 4) is 5.75 Å². The molecule has 1 aliphatic heterocycles. The molecule has 1 aliphatic rings. The third-order valence-corrected chi connectivity index (χ3v) is 4.82. The molecule has 0 aliphatic carbocycles. The molecular formula is C12H12N2O3S2. The molecule has 2 heterocycles. The predicted molar refractivity (Wildman–Crippen MR) is 71.6 cm³/mol. The highest BCUT2D eigenvalue weighted by Crippen LogP contribution is 2.36. The zero-order chi connectivity index (χ0) is 13.5. The Hall–Kier alpha value is -1.44. The van der Waals surface area contributed by atoms with E-state index < -0.39 is 10.0 Å². The first-order valence-electron chi connectivity index (χ1n) is 5.76. The van der Waals surface area contributed by atoms with E-state index in [1.165, 1.54) is 23.5 Å². The van der Waals surface area contributed by atoms with E-state index in [0.717, 1.165) is 23.4 Å². The highest BCUT2D eigenvalue weighted by molar-refractivity contribution is 7.89. The molecule has 0 fully saturated rings. The first-order chi connectivity index (χ1) is 9.04. The number of aryl methyl sites for hydroxylation is 1. The number of nitrogens with two attached hydrogens (primary N) is 1. The number of aromatic nitrogens is 1. The Bertz CT molecular complexity index is 696. The number of nitrogens with zero attached hydrogens (tertiary/aromatic N) is 1. The number of hydrogen-bond donors (Lipinski definition) is 1. The Balaban J connectivity index is 1.95. The van der Waals surface area contributed by atoms with Crippen LogP contribution in [0.4, 0.5) is 0 Å². The number of benzene rings is 1. The third kappa shape index (κ3) is 2.49. The lowest BCUT2D eigenvalue weighted by Crippen LogP contribution is -2.17. The van der Waals surface area contributed by atoms with E-state index in [4.69, 9.17) is 9.88 Å². The maximum absolute atomic E-state index is 11.3. The van der Waals surface area contributed by atoms with Gasteiger partial charge in [-0.05, 0) is 24.5 Å². The first kappa shape index (κ1) is 12.6. The van der Waals surface area contributed by atoms with Crippen molar-refractivity contribution in [1.29, 1.82) is 0 Å². The van der Waals surface area contributed by atoms with Crippen LogP contribution in [0.3, 0.4) is 0 Å². The summed E-state index contributed by atoms with van der Waals surface area (Å²) in [5.41, 5.74) is 1.00. The summed E-state index contributed by atoms with van der Waals surface area (Å²) in [5.74, 6) is 0.581. The number of rotatable bonds is 2. The van der Waals surface area contributed by atoms with Gasteiger partial charge in [-0.2, -0.15) is 0 Å². The zero-order valence-corrected chi connectivity index (χ0v) is 11.6. The van der Waals surface area contributed by atoms with Crippen molar-refractivity contribution in [2.24, 2.45) is 5.14 Å². The number of ether oxygens (including phenoxy) is 1. The van der Waals surface area contributed by atoms with Crippen molar-refractivity contribution < 1.29 is 13.2 Å². The minimum atomic E-state index is -3.70. The Morgan fingerprint density at radius 3 is 2.95 bits per heavy atom. The van der Waals surface area contributed by atoms with Crippen LogP contribution in [0.5, 0.6) is 5.75 Å². The van der Waals surface area contributed by atoms with Crippen LogP contribution in [-0.2, 0) is 16.4 Å². The largest absolute Gasteiger partial charge is 0.483 e. The van der Waals surface area contributed by atoms with Gasteiger partial charge in [-0.25, -0.2) is 18.5 Å². The molecule has 5 nitrogen and oxygen atoms in total. The number of primary sulfonamides is 1. The van der Waals surface area contributed by atoms with E-state index in [0.29, 0.717) is 5.75 Å². The molecule has 0 saturated heterocycles. The standard InChI is InChI=1S/C12H12N2O3S2/c13-19(15,16)9-3-1-8-2-4-10(17-11(8)7-9)12-14-5-6-18-12/h1,3,5-7,10H,2,4H2,(H2,13,15,16). The zero-order valence-electron chi connectivity index (χ0n) is 9.94. The summed E-state index contributed by atoms with van der Waals surface area (Å²) >= 11 is 1.53. The molecule has 2 N–H and O–H groups in total. The second-order valence-electron chi connectivity index (χ2n) is 4.33. The molecule has 7 heteroatoms. The normalized spacial score (nSPS) is 18.7. The van der Waals surface area contributed by atoms with E-state index in [1.807, 2.05) is 5.38 Å². The quantitative estimate of drug-likeness (QED) is 0.917. The summed E-state index contributed by atoms with van der Waals surface area (Å²) in [7, 11) is -3.70. The van der Waals surface area contributed by atoms with Gasteiger partial charge < -0.3 is 4.74 Å². The van der Waals surface area contributed by atoms with E-state index >= 15 is 0 Å². The SMILES string of the molecule is NS(=O)(=O)c1ccc2c(c1)OC(c1nccs1)CC2. The summed E-state index contributed by atoms with van der Waals surface area (Å²) in [6.07, 6.45) is 3.31. The van der Waals surface area contributed by atoms with Crippen molar-refractivity contribution in [2.45, 2.75) is 23.8 Å². The molecule has 0 radical (unpaired) electrons. The minimum Gasteiger partial charge on any atom is -0.483 e. The average molecular weight is 296 g/mol. The predicted octanol–water partition coefficient (Wildman–Crippen LogP) is 1.86. The second-order valence-corrected chi connectivity index (χ2v) is 6.82. The molecule has 19 heavy (non-hydrogen) atoms. The van der Waals surface area contributed by atoms with Crippen molar-refractivity contribution in [3.63, 3.8) is 0 Å². The lowest BCUT2D eigenvalue weighted by Gasteiger charge is -2.24. The smallest absolute Gasteiger partial charge is 0.238 e. The fourth-order valence-electron chi connectivity index (χ4n) is 2.09. The third-order valence-electron chi connectivity index (χ3n) is 3.04. The second kappa shape index (κ2) is 4.59. The van der Waals surface area contributed by atoms with Crippen LogP contribution < -0.4 is 9.88 Å². The number of sulfonamides is 1. The maximum atomic E-state index is 11.3. The highest BCUT2D eigenvalue weighted by Gasteiger charge is 2.24.